The van der Waals surface area contributed by atoms with Crippen LogP contribution >= 0.6 is 0 Å². The highest BCUT2D eigenvalue weighted by molar-refractivity contribution is 6.25. The van der Waals surface area contributed by atoms with Crippen LogP contribution in [0.15, 0.2) is 60.7 Å². The van der Waals surface area contributed by atoms with E-state index in [0.717, 1.165) is 27.6 Å². The van der Waals surface area contributed by atoms with Gasteiger partial charge in [-0.15, -0.1) is 0 Å². The Hall–Kier alpha value is -3.67. The minimum Gasteiger partial charge on any atom is -0.350 e. The second-order valence-electron chi connectivity index (χ2n) is 10.9. The molecule has 1 aliphatic rings. The Bertz CT molecular complexity index is 1300. The average molecular weight is 500 g/mol. The van der Waals surface area contributed by atoms with E-state index in [0.29, 0.717) is 31.5 Å². The number of hydrogen-bond donors (Lipinski definition) is 1. The first kappa shape index (κ1) is 26.4. The number of anilines is 1. The summed E-state index contributed by atoms with van der Waals surface area (Å²) in [5.41, 5.74) is 3.35. The lowest BCUT2D eigenvalue weighted by Crippen LogP contribution is -2.53. The van der Waals surface area contributed by atoms with Gasteiger partial charge in [0.05, 0.1) is 5.69 Å². The number of carbonyl (C=O) groups is 3. The molecule has 3 aromatic carbocycles. The number of benzene rings is 3. The second-order valence-corrected chi connectivity index (χ2v) is 10.9. The highest BCUT2D eigenvalue weighted by atomic mass is 16.2. The van der Waals surface area contributed by atoms with Crippen molar-refractivity contribution in [3.8, 4) is 0 Å². The monoisotopic (exact) mass is 499 g/mol. The summed E-state index contributed by atoms with van der Waals surface area (Å²) < 4.78 is 0. The zero-order valence-corrected chi connectivity index (χ0v) is 22.5. The molecule has 4 rings (SSSR count). The van der Waals surface area contributed by atoms with Crippen LogP contribution in [0.5, 0.6) is 0 Å². The highest BCUT2D eigenvalue weighted by Gasteiger charge is 2.32. The molecule has 0 radical (unpaired) electrons. The molecule has 37 heavy (non-hydrogen) atoms. The molecule has 0 spiro atoms. The molecule has 0 fully saturated rings. The van der Waals surface area contributed by atoms with Crippen molar-refractivity contribution >= 4 is 34.2 Å². The Morgan fingerprint density at radius 3 is 2.32 bits per heavy atom. The lowest BCUT2D eigenvalue weighted by Gasteiger charge is -2.33. The Morgan fingerprint density at radius 1 is 1.00 bits per heavy atom. The maximum Gasteiger partial charge on any atom is 0.258 e. The molecule has 0 aliphatic carbocycles. The van der Waals surface area contributed by atoms with Gasteiger partial charge < -0.3 is 15.1 Å². The smallest absolute Gasteiger partial charge is 0.258 e. The first-order chi connectivity index (χ1) is 17.6. The van der Waals surface area contributed by atoms with Gasteiger partial charge in [0.1, 0.15) is 6.04 Å². The Labute approximate surface area is 219 Å². The molecule has 0 bridgehead atoms. The first-order valence-corrected chi connectivity index (χ1v) is 13.1. The van der Waals surface area contributed by atoms with Crippen LogP contribution in [0, 0.1) is 6.92 Å². The molecule has 1 aliphatic heterocycles. The minimum absolute atomic E-state index is 0.0215. The zero-order valence-electron chi connectivity index (χ0n) is 22.5. The van der Waals surface area contributed by atoms with Crippen molar-refractivity contribution in [2.24, 2.45) is 0 Å². The van der Waals surface area contributed by atoms with Crippen LogP contribution in [-0.4, -0.2) is 40.7 Å². The van der Waals surface area contributed by atoms with Crippen molar-refractivity contribution in [2.75, 3.05) is 11.4 Å². The third kappa shape index (κ3) is 5.85. The average Bonchev–Trinajstić information content (AvgIpc) is 3.12. The summed E-state index contributed by atoms with van der Waals surface area (Å²) in [5, 5.41) is 5.06. The molecule has 1 atom stereocenters. The van der Waals surface area contributed by atoms with Gasteiger partial charge in [0.15, 0.2) is 0 Å². The van der Waals surface area contributed by atoms with E-state index in [-0.39, 0.29) is 24.1 Å². The summed E-state index contributed by atoms with van der Waals surface area (Å²) >= 11 is 0. The lowest BCUT2D eigenvalue weighted by molar-refractivity contribution is -0.142. The SMILES string of the molecule is CCC(C(=O)NC(C)(C)C)N(Cc1ccc(C)cc1)C(=O)CCCN1C(=O)c2cccc3cccc1c23. The second kappa shape index (κ2) is 10.8. The number of rotatable bonds is 9. The van der Waals surface area contributed by atoms with Crippen molar-refractivity contribution in [2.45, 2.75) is 72.0 Å². The van der Waals surface area contributed by atoms with Gasteiger partial charge in [-0.3, -0.25) is 14.4 Å². The molecule has 3 aromatic rings. The molecule has 1 heterocycles. The summed E-state index contributed by atoms with van der Waals surface area (Å²) in [6.07, 6.45) is 1.28. The molecule has 0 saturated heterocycles. The van der Waals surface area contributed by atoms with Crippen LogP contribution < -0.4 is 10.2 Å². The molecule has 1 unspecified atom stereocenters. The van der Waals surface area contributed by atoms with Crippen molar-refractivity contribution < 1.29 is 14.4 Å². The van der Waals surface area contributed by atoms with Gasteiger partial charge in [0, 0.05) is 36.0 Å². The number of hydrogen-bond acceptors (Lipinski definition) is 3. The van der Waals surface area contributed by atoms with Gasteiger partial charge in [-0.05, 0) is 63.6 Å². The van der Waals surface area contributed by atoms with E-state index in [9.17, 15) is 14.4 Å². The third-order valence-corrected chi connectivity index (χ3v) is 6.78. The fraction of sp³-hybridized carbons (Fsp3) is 0.387. The van der Waals surface area contributed by atoms with E-state index < -0.39 is 11.6 Å². The molecule has 0 saturated carbocycles. The van der Waals surface area contributed by atoms with Gasteiger partial charge in [-0.25, -0.2) is 0 Å². The molecular weight excluding hydrogens is 462 g/mol. The fourth-order valence-electron chi connectivity index (χ4n) is 5.00. The number of nitrogens with one attached hydrogen (secondary N) is 1. The molecular formula is C31H37N3O3. The predicted octanol–water partition coefficient (Wildman–Crippen LogP) is 5.61. The quantitative estimate of drug-likeness (QED) is 0.416. The Kier molecular flexibility index (Phi) is 7.67. The van der Waals surface area contributed by atoms with Crippen LogP contribution in [-0.2, 0) is 16.1 Å². The maximum absolute atomic E-state index is 13.6. The Balaban J connectivity index is 1.49. The van der Waals surface area contributed by atoms with Crippen LogP contribution in [0.3, 0.4) is 0 Å². The van der Waals surface area contributed by atoms with Crippen molar-refractivity contribution in [1.29, 1.82) is 0 Å². The number of amides is 3. The van der Waals surface area contributed by atoms with E-state index in [1.807, 2.05) is 95.3 Å². The maximum atomic E-state index is 13.6. The summed E-state index contributed by atoms with van der Waals surface area (Å²) in [4.78, 5) is 43.4. The molecule has 6 heteroatoms. The summed E-state index contributed by atoms with van der Waals surface area (Å²) in [5.74, 6) is -0.252. The molecule has 3 amide bonds. The largest absolute Gasteiger partial charge is 0.350 e. The van der Waals surface area contributed by atoms with E-state index in [4.69, 9.17) is 0 Å². The number of aryl methyl sites for hydroxylation is 1. The summed E-state index contributed by atoms with van der Waals surface area (Å²) in [6, 6.07) is 19.2. The number of nitrogens with zero attached hydrogens (tertiary/aromatic N) is 2. The first-order valence-electron chi connectivity index (χ1n) is 13.1. The highest BCUT2D eigenvalue weighted by Crippen LogP contribution is 2.37. The molecule has 1 N–H and O–H groups in total. The molecule has 0 aromatic heterocycles. The lowest BCUT2D eigenvalue weighted by atomic mass is 10.0. The fourth-order valence-corrected chi connectivity index (χ4v) is 5.00. The molecule has 6 nitrogen and oxygen atoms in total. The van der Waals surface area contributed by atoms with Crippen LogP contribution in [0.25, 0.3) is 10.8 Å². The predicted molar refractivity (Wildman–Crippen MR) is 149 cm³/mol. The van der Waals surface area contributed by atoms with Crippen molar-refractivity contribution in [3.63, 3.8) is 0 Å². The van der Waals surface area contributed by atoms with E-state index in [1.165, 1.54) is 0 Å². The van der Waals surface area contributed by atoms with Gasteiger partial charge >= 0.3 is 0 Å². The van der Waals surface area contributed by atoms with Gasteiger partial charge in [-0.2, -0.15) is 0 Å². The van der Waals surface area contributed by atoms with Gasteiger partial charge in [0.25, 0.3) is 5.91 Å². The van der Waals surface area contributed by atoms with Crippen molar-refractivity contribution in [1.82, 2.24) is 10.2 Å². The van der Waals surface area contributed by atoms with Gasteiger partial charge in [0.2, 0.25) is 11.8 Å². The van der Waals surface area contributed by atoms with E-state index in [1.54, 1.807) is 9.80 Å². The summed E-state index contributed by atoms with van der Waals surface area (Å²) in [7, 11) is 0. The van der Waals surface area contributed by atoms with Crippen molar-refractivity contribution in [3.05, 3.63) is 77.4 Å². The summed E-state index contributed by atoms with van der Waals surface area (Å²) in [6.45, 7) is 10.6. The third-order valence-electron chi connectivity index (χ3n) is 6.78. The van der Waals surface area contributed by atoms with Crippen LogP contribution in [0.4, 0.5) is 5.69 Å². The topological polar surface area (TPSA) is 69.7 Å². The van der Waals surface area contributed by atoms with Crippen LogP contribution in [0.1, 0.15) is 68.4 Å². The van der Waals surface area contributed by atoms with E-state index in [2.05, 4.69) is 5.32 Å². The Morgan fingerprint density at radius 2 is 1.68 bits per heavy atom. The zero-order chi connectivity index (χ0) is 26.7. The minimum atomic E-state index is -0.570. The normalized spacial score (nSPS) is 13.6. The van der Waals surface area contributed by atoms with Crippen LogP contribution in [0.2, 0.25) is 0 Å². The number of carbonyl (C=O) groups excluding carboxylic acids is 3. The van der Waals surface area contributed by atoms with E-state index >= 15 is 0 Å². The van der Waals surface area contributed by atoms with Gasteiger partial charge in [-0.1, -0.05) is 61.0 Å². The standard InChI is InChI=1S/C31H37N3O3/c1-6-25(29(36)32-31(3,4)5)34(20-22-17-15-21(2)16-18-22)27(35)14-9-19-33-26-13-8-11-23-10-7-12-24(28(23)26)30(33)37/h7-8,10-13,15-18,25H,6,9,14,19-20H2,1-5H3,(H,32,36). The molecule has 194 valence electrons.